The summed E-state index contributed by atoms with van der Waals surface area (Å²) in [6.07, 6.45) is 1.95. The van der Waals surface area contributed by atoms with Gasteiger partial charge in [0.2, 0.25) is 0 Å². The lowest BCUT2D eigenvalue weighted by Gasteiger charge is -2.24. The van der Waals surface area contributed by atoms with Crippen molar-refractivity contribution < 1.29 is 31.6 Å². The van der Waals surface area contributed by atoms with Crippen LogP contribution in [0.2, 0.25) is 0 Å². The Labute approximate surface area is 178 Å². The Kier molecular flexibility index (Phi) is 6.12. The average Bonchev–Trinajstić information content (AvgIpc) is 3.02. The van der Waals surface area contributed by atoms with Gasteiger partial charge < -0.3 is 22.1 Å². The first kappa shape index (κ1) is 20.8. The van der Waals surface area contributed by atoms with Crippen LogP contribution in [-0.2, 0) is 12.1 Å². The minimum absolute atomic E-state index is 0. The number of nitro groups is 1. The van der Waals surface area contributed by atoms with Crippen LogP contribution in [0.3, 0.4) is 0 Å². The van der Waals surface area contributed by atoms with Crippen molar-refractivity contribution in [1.29, 1.82) is 0 Å². The average molecular weight is 464 g/mol. The van der Waals surface area contributed by atoms with Gasteiger partial charge in [-0.05, 0) is 42.3 Å². The molecule has 8 heteroatoms. The van der Waals surface area contributed by atoms with Crippen LogP contribution in [-0.4, -0.2) is 38.6 Å². The quantitative estimate of drug-likeness (QED) is 0.402. The summed E-state index contributed by atoms with van der Waals surface area (Å²) in [7, 11) is 0. The number of aliphatic hydroxyl groups is 1. The Morgan fingerprint density at radius 2 is 2.04 bits per heavy atom. The number of halogens is 1. The lowest BCUT2D eigenvalue weighted by molar-refractivity contribution is -0.656. The topological polar surface area (TPSA) is 69.6 Å². The second-order valence-corrected chi connectivity index (χ2v) is 7.93. The van der Waals surface area contributed by atoms with Gasteiger partial charge in [-0.15, -0.1) is 0 Å². The molecule has 0 aromatic heterocycles. The van der Waals surface area contributed by atoms with Crippen molar-refractivity contribution in [2.24, 2.45) is 0 Å². The first-order chi connectivity index (χ1) is 13.0. The highest BCUT2D eigenvalue weighted by atomic mass is 79.9. The summed E-state index contributed by atoms with van der Waals surface area (Å²) in [5.74, 6) is 1.00. The molecule has 0 saturated heterocycles. The summed E-state index contributed by atoms with van der Waals surface area (Å²) in [4.78, 5) is 12.9. The summed E-state index contributed by atoms with van der Waals surface area (Å²) >= 11 is 1.73. The number of aryl methyl sites for hydroxylation is 1. The van der Waals surface area contributed by atoms with E-state index >= 15 is 0 Å². The molecule has 0 fully saturated rings. The van der Waals surface area contributed by atoms with E-state index in [1.807, 2.05) is 4.58 Å². The van der Waals surface area contributed by atoms with E-state index in [0.29, 0.717) is 12.1 Å². The molecule has 0 aliphatic carbocycles. The molecule has 4 rings (SSSR count). The van der Waals surface area contributed by atoms with Gasteiger partial charge in [-0.1, -0.05) is 31.2 Å². The van der Waals surface area contributed by atoms with Crippen LogP contribution in [0.4, 0.5) is 11.4 Å². The third-order valence-electron chi connectivity index (χ3n) is 5.22. The van der Waals surface area contributed by atoms with Crippen LogP contribution in [0.1, 0.15) is 24.5 Å². The number of anilines is 1. The lowest BCUT2D eigenvalue weighted by atomic mass is 10.0. The van der Waals surface area contributed by atoms with Gasteiger partial charge in [0.15, 0.2) is 6.54 Å². The molecule has 6 nitrogen and oxygen atoms in total. The van der Waals surface area contributed by atoms with E-state index in [1.54, 1.807) is 23.9 Å². The molecule has 148 valence electrons. The number of thioether (sulfide) groups is 1. The second kappa shape index (κ2) is 8.23. The van der Waals surface area contributed by atoms with E-state index in [4.69, 9.17) is 0 Å². The van der Waals surface area contributed by atoms with Crippen molar-refractivity contribution in [2.75, 3.05) is 23.7 Å². The first-order valence-corrected chi connectivity index (χ1v) is 10.1. The Hall–Kier alpha value is -1.90. The predicted molar refractivity (Wildman–Crippen MR) is 107 cm³/mol. The standard InChI is InChI=1S/C20H22N3O3S.BrH/c1-2-15-7-9-17(10-8-15)21-14-20(24,22-11-4-12-27-19(21)22)16-5-3-6-18(13-16)23(25)26;/h3,5-10,13,24H,2,4,11-12,14H2,1H3;1H/q+1;/p-1. The molecule has 0 spiro atoms. The van der Waals surface area contributed by atoms with Crippen LogP contribution < -0.4 is 21.9 Å². The monoisotopic (exact) mass is 463 g/mol. The molecule has 0 amide bonds. The van der Waals surface area contributed by atoms with Gasteiger partial charge in [0.1, 0.15) is 5.69 Å². The van der Waals surface area contributed by atoms with Gasteiger partial charge in [0, 0.05) is 23.4 Å². The number of amidine groups is 1. The first-order valence-electron chi connectivity index (χ1n) is 9.14. The Morgan fingerprint density at radius 1 is 1.29 bits per heavy atom. The zero-order valence-electron chi connectivity index (χ0n) is 15.5. The zero-order chi connectivity index (χ0) is 19.0. The van der Waals surface area contributed by atoms with Crippen molar-refractivity contribution in [2.45, 2.75) is 25.5 Å². The third kappa shape index (κ3) is 3.56. The highest BCUT2D eigenvalue weighted by Crippen LogP contribution is 2.38. The molecular formula is C20H22BrN3O3S. The molecule has 2 aromatic rings. The third-order valence-corrected chi connectivity index (χ3v) is 6.41. The molecule has 2 aliphatic heterocycles. The summed E-state index contributed by atoms with van der Waals surface area (Å²) in [6, 6.07) is 14.7. The molecule has 0 saturated carbocycles. The van der Waals surface area contributed by atoms with Crippen LogP contribution in [0.15, 0.2) is 48.5 Å². The number of non-ortho nitro benzene ring substituents is 1. The fourth-order valence-corrected chi connectivity index (χ4v) is 4.91. The molecule has 1 atom stereocenters. The van der Waals surface area contributed by atoms with E-state index in [9.17, 15) is 15.2 Å². The van der Waals surface area contributed by atoms with Crippen LogP contribution >= 0.6 is 11.8 Å². The molecule has 2 aromatic carbocycles. The Balaban J connectivity index is 0.00000225. The fourth-order valence-electron chi connectivity index (χ4n) is 3.73. The summed E-state index contributed by atoms with van der Waals surface area (Å²) in [6.45, 7) is 3.20. The van der Waals surface area contributed by atoms with Crippen molar-refractivity contribution in [3.8, 4) is 0 Å². The summed E-state index contributed by atoms with van der Waals surface area (Å²) in [5.41, 5.74) is 1.58. The van der Waals surface area contributed by atoms with Gasteiger partial charge in [-0.2, -0.15) is 0 Å². The summed E-state index contributed by atoms with van der Waals surface area (Å²) in [5, 5.41) is 23.8. The fraction of sp³-hybridized carbons (Fsp3) is 0.350. The highest BCUT2D eigenvalue weighted by molar-refractivity contribution is 8.13. The van der Waals surface area contributed by atoms with Crippen LogP contribution in [0.25, 0.3) is 0 Å². The van der Waals surface area contributed by atoms with Gasteiger partial charge in [-0.25, -0.2) is 9.48 Å². The van der Waals surface area contributed by atoms with Crippen molar-refractivity contribution in [3.63, 3.8) is 0 Å². The lowest BCUT2D eigenvalue weighted by Crippen LogP contribution is -3.00. The van der Waals surface area contributed by atoms with Gasteiger partial charge >= 0.3 is 5.17 Å². The molecule has 0 bridgehead atoms. The SMILES string of the molecule is CCc1ccc(N2CC(O)(c3cccc([N+](=O)[O-])c3)[N+]3=C2SCCC3)cc1.[Br-]. The maximum atomic E-state index is 11.6. The van der Waals surface area contributed by atoms with Gasteiger partial charge in [0.05, 0.1) is 11.5 Å². The van der Waals surface area contributed by atoms with E-state index in [0.717, 1.165) is 36.0 Å². The predicted octanol–water partition coefficient (Wildman–Crippen LogP) is 0.332. The zero-order valence-corrected chi connectivity index (χ0v) is 17.9. The highest BCUT2D eigenvalue weighted by Gasteiger charge is 2.53. The second-order valence-electron chi connectivity index (χ2n) is 6.87. The molecule has 2 heterocycles. The van der Waals surface area contributed by atoms with Crippen LogP contribution in [0, 0.1) is 10.1 Å². The number of rotatable bonds is 4. The largest absolute Gasteiger partial charge is 1.00 e. The normalized spacial score (nSPS) is 21.3. The van der Waals surface area contributed by atoms with Crippen molar-refractivity contribution in [1.82, 2.24) is 0 Å². The Morgan fingerprint density at radius 3 is 2.71 bits per heavy atom. The molecule has 1 N–H and O–H groups in total. The molecule has 28 heavy (non-hydrogen) atoms. The molecule has 2 aliphatic rings. The summed E-state index contributed by atoms with van der Waals surface area (Å²) < 4.78 is 1.99. The van der Waals surface area contributed by atoms with E-state index in [2.05, 4.69) is 36.1 Å². The molecular weight excluding hydrogens is 442 g/mol. The van der Waals surface area contributed by atoms with E-state index in [1.165, 1.54) is 17.7 Å². The number of hydrogen-bond donors (Lipinski definition) is 1. The van der Waals surface area contributed by atoms with E-state index < -0.39 is 10.6 Å². The maximum absolute atomic E-state index is 11.6. The molecule has 0 radical (unpaired) electrons. The van der Waals surface area contributed by atoms with Crippen LogP contribution in [0.5, 0.6) is 0 Å². The minimum atomic E-state index is -1.28. The smallest absolute Gasteiger partial charge is 0.316 e. The van der Waals surface area contributed by atoms with Gasteiger partial charge in [-0.3, -0.25) is 10.1 Å². The number of nitro benzene ring substituents is 1. The number of benzene rings is 2. The number of hydrogen-bond acceptors (Lipinski definition) is 5. The van der Waals surface area contributed by atoms with Crippen molar-refractivity contribution >= 4 is 28.3 Å². The minimum Gasteiger partial charge on any atom is -1.00 e. The molecule has 1 unspecified atom stereocenters. The number of nitrogens with zero attached hydrogens (tertiary/aromatic N) is 3. The Bertz CT molecular complexity index is 919. The van der Waals surface area contributed by atoms with Gasteiger partial charge in [0.25, 0.3) is 11.4 Å². The number of β-amino-alcohol motifs (C(OH)–C–C–N with tert-alkyl or cyclic N) is 1. The maximum Gasteiger partial charge on any atom is 0.316 e. The van der Waals surface area contributed by atoms with E-state index in [-0.39, 0.29) is 22.7 Å². The van der Waals surface area contributed by atoms with Crippen molar-refractivity contribution in [3.05, 3.63) is 69.8 Å².